The minimum Gasteiger partial charge on any atom is -0.487 e. The van der Waals surface area contributed by atoms with Crippen molar-refractivity contribution in [1.29, 1.82) is 0 Å². The molecule has 0 saturated heterocycles. The quantitative estimate of drug-likeness (QED) is 0.712. The first kappa shape index (κ1) is 16.4. The van der Waals surface area contributed by atoms with Crippen molar-refractivity contribution in [2.24, 2.45) is 0 Å². The molecule has 1 aromatic carbocycles. The molecule has 0 radical (unpaired) electrons. The predicted molar refractivity (Wildman–Crippen MR) is 90.1 cm³/mol. The summed E-state index contributed by atoms with van der Waals surface area (Å²) in [7, 11) is 0. The number of nitrogens with zero attached hydrogens (tertiary/aromatic N) is 2. The number of ether oxygens (including phenoxy) is 1. The van der Waals surface area contributed by atoms with Crippen molar-refractivity contribution in [2.45, 2.75) is 46.8 Å². The number of hydrogen-bond donors (Lipinski definition) is 0. The molecule has 0 spiro atoms. The molecular formula is C16H20BrClN2O. The second-order valence-corrected chi connectivity index (χ2v) is 5.97. The van der Waals surface area contributed by atoms with Gasteiger partial charge in [-0.15, -0.1) is 0 Å². The van der Waals surface area contributed by atoms with Crippen LogP contribution in [0.2, 0.25) is 5.02 Å². The second kappa shape index (κ2) is 7.32. The molecule has 0 aliphatic carbocycles. The summed E-state index contributed by atoms with van der Waals surface area (Å²) >= 11 is 9.76. The predicted octanol–water partition coefficient (Wildman–Crippen LogP) is 5.02. The monoisotopic (exact) mass is 370 g/mol. The van der Waals surface area contributed by atoms with Crippen LogP contribution >= 0.6 is 27.5 Å². The highest BCUT2D eigenvalue weighted by atomic mass is 79.9. The summed E-state index contributed by atoms with van der Waals surface area (Å²) in [6.45, 7) is 7.59. The number of aromatic nitrogens is 2. The first-order chi connectivity index (χ1) is 10.1. The second-order valence-electron chi connectivity index (χ2n) is 4.77. The molecule has 0 aliphatic heterocycles. The van der Waals surface area contributed by atoms with Crippen molar-refractivity contribution in [3.63, 3.8) is 0 Å². The fraction of sp³-hybridized carbons (Fsp3) is 0.438. The van der Waals surface area contributed by atoms with Gasteiger partial charge in [0.25, 0.3) is 0 Å². The molecule has 0 amide bonds. The highest BCUT2D eigenvalue weighted by Crippen LogP contribution is 2.26. The van der Waals surface area contributed by atoms with Gasteiger partial charge in [0.2, 0.25) is 0 Å². The first-order valence-electron chi connectivity index (χ1n) is 7.25. The van der Waals surface area contributed by atoms with Crippen molar-refractivity contribution >= 4 is 27.5 Å². The Balaban J connectivity index is 2.18. The van der Waals surface area contributed by atoms with Crippen LogP contribution in [0.4, 0.5) is 0 Å². The van der Waals surface area contributed by atoms with Crippen LogP contribution in [-0.2, 0) is 26.0 Å². The lowest BCUT2D eigenvalue weighted by Crippen LogP contribution is -2.06. The zero-order chi connectivity index (χ0) is 15.4. The SMILES string of the molecule is CCc1cc(OCc2c(Br)c(CC)nn2CC)ccc1Cl. The lowest BCUT2D eigenvalue weighted by molar-refractivity contribution is 0.291. The molecule has 114 valence electrons. The Morgan fingerprint density at radius 1 is 1.24 bits per heavy atom. The van der Waals surface area contributed by atoms with Crippen LogP contribution < -0.4 is 4.74 Å². The average molecular weight is 372 g/mol. The molecule has 1 aromatic heterocycles. The van der Waals surface area contributed by atoms with E-state index in [1.807, 2.05) is 22.9 Å². The Labute approximate surface area is 139 Å². The maximum atomic E-state index is 6.13. The summed E-state index contributed by atoms with van der Waals surface area (Å²) in [6, 6.07) is 5.80. The highest BCUT2D eigenvalue weighted by Gasteiger charge is 2.14. The molecule has 3 nitrogen and oxygen atoms in total. The lowest BCUT2D eigenvalue weighted by atomic mass is 10.1. The highest BCUT2D eigenvalue weighted by molar-refractivity contribution is 9.10. The molecule has 2 rings (SSSR count). The lowest BCUT2D eigenvalue weighted by Gasteiger charge is -2.10. The third-order valence-electron chi connectivity index (χ3n) is 3.47. The van der Waals surface area contributed by atoms with Crippen LogP contribution in [0.25, 0.3) is 0 Å². The molecule has 0 N–H and O–H groups in total. The smallest absolute Gasteiger partial charge is 0.131 e. The molecule has 0 bridgehead atoms. The van der Waals surface area contributed by atoms with E-state index in [9.17, 15) is 0 Å². The van der Waals surface area contributed by atoms with Gasteiger partial charge in [-0.05, 0) is 59.5 Å². The van der Waals surface area contributed by atoms with Crippen LogP contribution in [0.15, 0.2) is 22.7 Å². The van der Waals surface area contributed by atoms with Gasteiger partial charge >= 0.3 is 0 Å². The van der Waals surface area contributed by atoms with E-state index < -0.39 is 0 Å². The minimum absolute atomic E-state index is 0.492. The number of aryl methyl sites for hydroxylation is 3. The number of halogens is 2. The largest absolute Gasteiger partial charge is 0.487 e. The molecule has 0 unspecified atom stereocenters. The Hall–Kier alpha value is -1.00. The van der Waals surface area contributed by atoms with Gasteiger partial charge in [-0.1, -0.05) is 25.4 Å². The first-order valence-corrected chi connectivity index (χ1v) is 8.43. The summed E-state index contributed by atoms with van der Waals surface area (Å²) in [5.74, 6) is 0.838. The normalized spacial score (nSPS) is 10.9. The Kier molecular flexibility index (Phi) is 5.71. The topological polar surface area (TPSA) is 27.1 Å². The Morgan fingerprint density at radius 2 is 2.00 bits per heavy atom. The van der Waals surface area contributed by atoms with Gasteiger partial charge < -0.3 is 4.74 Å². The number of benzene rings is 1. The van der Waals surface area contributed by atoms with E-state index in [-0.39, 0.29) is 0 Å². The summed E-state index contributed by atoms with van der Waals surface area (Å²) < 4.78 is 8.96. The van der Waals surface area contributed by atoms with Crippen LogP contribution in [0, 0.1) is 0 Å². The third-order valence-corrected chi connectivity index (χ3v) is 4.75. The summed E-state index contributed by atoms with van der Waals surface area (Å²) in [4.78, 5) is 0. The van der Waals surface area contributed by atoms with E-state index in [0.29, 0.717) is 6.61 Å². The Bertz CT molecular complexity index is 625. The van der Waals surface area contributed by atoms with E-state index in [4.69, 9.17) is 16.3 Å². The number of hydrogen-bond acceptors (Lipinski definition) is 2. The molecule has 21 heavy (non-hydrogen) atoms. The van der Waals surface area contributed by atoms with Gasteiger partial charge in [0.05, 0.1) is 15.9 Å². The summed E-state index contributed by atoms with van der Waals surface area (Å²) in [5, 5.41) is 5.37. The summed E-state index contributed by atoms with van der Waals surface area (Å²) in [6.07, 6.45) is 1.80. The average Bonchev–Trinajstić information content (AvgIpc) is 2.82. The molecule has 0 fully saturated rings. The van der Waals surface area contributed by atoms with Gasteiger partial charge in [0, 0.05) is 11.6 Å². The molecule has 0 aliphatic rings. The van der Waals surface area contributed by atoms with Crippen molar-refractivity contribution in [1.82, 2.24) is 9.78 Å². The third kappa shape index (κ3) is 3.61. The molecular weight excluding hydrogens is 352 g/mol. The maximum absolute atomic E-state index is 6.13. The molecule has 0 saturated carbocycles. The van der Waals surface area contributed by atoms with Crippen molar-refractivity contribution in [2.75, 3.05) is 0 Å². The van der Waals surface area contributed by atoms with E-state index in [1.54, 1.807) is 0 Å². The fourth-order valence-corrected chi connectivity index (χ4v) is 3.15. The zero-order valence-electron chi connectivity index (χ0n) is 12.6. The van der Waals surface area contributed by atoms with Crippen LogP contribution in [-0.4, -0.2) is 9.78 Å². The van der Waals surface area contributed by atoms with E-state index >= 15 is 0 Å². The van der Waals surface area contributed by atoms with E-state index in [0.717, 1.165) is 51.6 Å². The van der Waals surface area contributed by atoms with Gasteiger partial charge in [-0.3, -0.25) is 4.68 Å². The standard InChI is InChI=1S/C16H20BrClN2O/c1-4-11-9-12(7-8-13(11)18)21-10-15-16(17)14(5-2)19-20(15)6-3/h7-9H,4-6,10H2,1-3H3. The van der Waals surface area contributed by atoms with Gasteiger partial charge in [-0.25, -0.2) is 0 Å². The van der Waals surface area contributed by atoms with Crippen molar-refractivity contribution < 1.29 is 4.74 Å². The Morgan fingerprint density at radius 3 is 2.62 bits per heavy atom. The zero-order valence-corrected chi connectivity index (χ0v) is 15.0. The van der Waals surface area contributed by atoms with Crippen LogP contribution in [0.3, 0.4) is 0 Å². The van der Waals surface area contributed by atoms with E-state index in [1.165, 1.54) is 0 Å². The van der Waals surface area contributed by atoms with Crippen LogP contribution in [0.1, 0.15) is 37.7 Å². The van der Waals surface area contributed by atoms with Crippen molar-refractivity contribution in [3.05, 3.63) is 44.6 Å². The van der Waals surface area contributed by atoms with Gasteiger partial charge in [0.15, 0.2) is 0 Å². The van der Waals surface area contributed by atoms with E-state index in [2.05, 4.69) is 41.8 Å². The summed E-state index contributed by atoms with van der Waals surface area (Å²) in [5.41, 5.74) is 3.25. The molecule has 5 heteroatoms. The maximum Gasteiger partial charge on any atom is 0.131 e. The minimum atomic E-state index is 0.492. The molecule has 1 heterocycles. The van der Waals surface area contributed by atoms with Crippen molar-refractivity contribution in [3.8, 4) is 5.75 Å². The van der Waals surface area contributed by atoms with Crippen LogP contribution in [0.5, 0.6) is 5.75 Å². The number of rotatable bonds is 6. The molecule has 0 atom stereocenters. The van der Waals surface area contributed by atoms with Gasteiger partial charge in [0.1, 0.15) is 12.4 Å². The van der Waals surface area contributed by atoms with Gasteiger partial charge in [-0.2, -0.15) is 5.10 Å². The molecule has 2 aromatic rings. The fourth-order valence-electron chi connectivity index (χ4n) is 2.22.